The maximum Gasteiger partial charge on any atom is 0.194 e. The summed E-state index contributed by atoms with van der Waals surface area (Å²) in [6.07, 6.45) is 8.47. The Balaban J connectivity index is 0.00000306. The molecule has 7 nitrogen and oxygen atoms in total. The van der Waals surface area contributed by atoms with Crippen LogP contribution in [-0.4, -0.2) is 72.1 Å². The van der Waals surface area contributed by atoms with Crippen LogP contribution < -0.4 is 5.32 Å². The van der Waals surface area contributed by atoms with E-state index in [1.807, 2.05) is 13.1 Å². The first-order chi connectivity index (χ1) is 15.7. The third-order valence-corrected chi connectivity index (χ3v) is 6.93. The number of aromatic nitrogens is 1. The molecule has 0 unspecified atom stereocenters. The van der Waals surface area contributed by atoms with Crippen LogP contribution in [0.2, 0.25) is 0 Å². The highest BCUT2D eigenvalue weighted by molar-refractivity contribution is 14.0. The summed E-state index contributed by atoms with van der Waals surface area (Å²) in [7, 11) is 4.17. The van der Waals surface area contributed by atoms with Crippen molar-refractivity contribution in [1.82, 2.24) is 25.2 Å². The van der Waals surface area contributed by atoms with E-state index in [9.17, 15) is 0 Å². The molecule has 1 saturated heterocycles. The Labute approximate surface area is 215 Å². The molecule has 33 heavy (non-hydrogen) atoms. The topological polar surface area (TPSA) is 60.1 Å². The van der Waals surface area contributed by atoms with Crippen molar-refractivity contribution >= 4 is 29.9 Å². The Bertz CT molecular complexity index is 844. The van der Waals surface area contributed by atoms with Crippen LogP contribution in [-0.2, 0) is 19.6 Å². The number of nitrogens with one attached hydrogen (secondary N) is 1. The quantitative estimate of drug-likeness (QED) is 0.311. The van der Waals surface area contributed by atoms with Gasteiger partial charge >= 0.3 is 0 Å². The Hall–Kier alpha value is -1.65. The van der Waals surface area contributed by atoms with Crippen molar-refractivity contribution in [2.24, 2.45) is 4.99 Å². The summed E-state index contributed by atoms with van der Waals surface area (Å²) in [6, 6.07) is 11.5. The third-order valence-electron chi connectivity index (χ3n) is 6.93. The van der Waals surface area contributed by atoms with Gasteiger partial charge in [-0.3, -0.25) is 14.8 Å². The lowest BCUT2D eigenvalue weighted by atomic mass is 9.94. The van der Waals surface area contributed by atoms with Crippen LogP contribution in [0, 0.1) is 0 Å². The summed E-state index contributed by atoms with van der Waals surface area (Å²) in [6.45, 7) is 6.58. The molecule has 1 aromatic carbocycles. The van der Waals surface area contributed by atoms with Crippen molar-refractivity contribution in [3.63, 3.8) is 0 Å². The fourth-order valence-electron chi connectivity index (χ4n) is 4.98. The number of hydrogen-bond donors (Lipinski definition) is 1. The smallest absolute Gasteiger partial charge is 0.194 e. The van der Waals surface area contributed by atoms with Crippen molar-refractivity contribution in [1.29, 1.82) is 0 Å². The van der Waals surface area contributed by atoms with Crippen molar-refractivity contribution in [2.75, 3.05) is 40.3 Å². The Morgan fingerprint density at radius 2 is 1.82 bits per heavy atom. The SMILES string of the molecule is CN=C(NCc1ccccc1CN(C)C1CCCCC1)N1CCN(Cc2ccon2)CC1.I. The van der Waals surface area contributed by atoms with E-state index in [0.717, 1.165) is 63.5 Å². The summed E-state index contributed by atoms with van der Waals surface area (Å²) < 4.78 is 4.96. The van der Waals surface area contributed by atoms with Crippen LogP contribution in [0.3, 0.4) is 0 Å². The van der Waals surface area contributed by atoms with Crippen molar-refractivity contribution in [3.05, 3.63) is 53.4 Å². The maximum absolute atomic E-state index is 4.96. The molecule has 0 spiro atoms. The Morgan fingerprint density at radius 3 is 2.48 bits per heavy atom. The lowest BCUT2D eigenvalue weighted by molar-refractivity contribution is 0.169. The summed E-state index contributed by atoms with van der Waals surface area (Å²) >= 11 is 0. The van der Waals surface area contributed by atoms with Crippen molar-refractivity contribution in [2.45, 2.75) is 57.8 Å². The number of nitrogens with zero attached hydrogens (tertiary/aromatic N) is 5. The zero-order valence-electron chi connectivity index (χ0n) is 20.1. The molecule has 0 amide bonds. The van der Waals surface area contributed by atoms with Gasteiger partial charge in [-0.05, 0) is 31.0 Å². The molecule has 4 rings (SSSR count). The van der Waals surface area contributed by atoms with Gasteiger partial charge in [0.1, 0.15) is 6.26 Å². The molecular weight excluding hydrogens is 527 g/mol. The Morgan fingerprint density at radius 1 is 1.09 bits per heavy atom. The second-order valence-corrected chi connectivity index (χ2v) is 9.13. The molecule has 2 heterocycles. The van der Waals surface area contributed by atoms with Gasteiger partial charge in [-0.25, -0.2) is 0 Å². The van der Waals surface area contributed by atoms with E-state index >= 15 is 0 Å². The molecule has 2 aromatic rings. The highest BCUT2D eigenvalue weighted by Crippen LogP contribution is 2.23. The third kappa shape index (κ3) is 7.42. The van der Waals surface area contributed by atoms with Crippen LogP contribution in [0.1, 0.15) is 48.9 Å². The zero-order chi connectivity index (χ0) is 22.2. The number of guanidine groups is 1. The summed E-state index contributed by atoms with van der Waals surface area (Å²) in [5.74, 6) is 0.988. The standard InChI is InChI=1S/C25H38N6O.HI/c1-26-25(31-15-13-30(14-16-31)20-23-12-17-32-28-23)27-18-21-8-6-7-9-22(21)19-29(2)24-10-4-3-5-11-24;/h6-9,12,17,24H,3-5,10-11,13-16,18-20H2,1-2H3,(H,26,27);1H. The molecule has 1 aromatic heterocycles. The highest BCUT2D eigenvalue weighted by atomic mass is 127. The van der Waals surface area contributed by atoms with Gasteiger partial charge in [0.25, 0.3) is 0 Å². The number of aliphatic imine (C=N–C) groups is 1. The average molecular weight is 567 g/mol. The number of rotatable bonds is 7. The van der Waals surface area contributed by atoms with Gasteiger partial charge < -0.3 is 14.7 Å². The second kappa shape index (κ2) is 13.3. The van der Waals surface area contributed by atoms with E-state index in [1.54, 1.807) is 6.26 Å². The molecule has 1 N–H and O–H groups in total. The molecule has 182 valence electrons. The number of halogens is 1. The van der Waals surface area contributed by atoms with Gasteiger partial charge in [0.05, 0.1) is 5.69 Å². The fourth-order valence-corrected chi connectivity index (χ4v) is 4.98. The average Bonchev–Trinajstić information content (AvgIpc) is 3.35. The van der Waals surface area contributed by atoms with Gasteiger partial charge in [0.2, 0.25) is 0 Å². The largest absolute Gasteiger partial charge is 0.364 e. The second-order valence-electron chi connectivity index (χ2n) is 9.13. The Kier molecular flexibility index (Phi) is 10.5. The predicted molar refractivity (Wildman–Crippen MR) is 144 cm³/mol. The van der Waals surface area contributed by atoms with E-state index in [2.05, 4.69) is 61.5 Å². The molecule has 1 saturated carbocycles. The van der Waals surface area contributed by atoms with Gasteiger partial charge in [-0.1, -0.05) is 48.7 Å². The molecular formula is C25H39IN6O. The molecule has 8 heteroatoms. The first-order valence-electron chi connectivity index (χ1n) is 12.1. The van der Waals surface area contributed by atoms with Crippen LogP contribution in [0.15, 0.2) is 46.1 Å². The predicted octanol–water partition coefficient (Wildman–Crippen LogP) is 3.95. The van der Waals surface area contributed by atoms with Crippen molar-refractivity contribution in [3.8, 4) is 0 Å². The first-order valence-corrected chi connectivity index (χ1v) is 12.1. The van der Waals surface area contributed by atoms with E-state index < -0.39 is 0 Å². The molecule has 1 aliphatic heterocycles. The van der Waals surface area contributed by atoms with Crippen molar-refractivity contribution < 1.29 is 4.52 Å². The van der Waals surface area contributed by atoms with Gasteiger partial charge in [-0.2, -0.15) is 0 Å². The maximum atomic E-state index is 4.96. The first kappa shape index (κ1) is 26.0. The lowest BCUT2D eigenvalue weighted by Crippen LogP contribution is -2.52. The van der Waals surface area contributed by atoms with Crippen LogP contribution in [0.4, 0.5) is 0 Å². The van der Waals surface area contributed by atoms with Crippen LogP contribution in [0.5, 0.6) is 0 Å². The molecule has 0 radical (unpaired) electrons. The minimum Gasteiger partial charge on any atom is -0.364 e. The molecule has 0 bridgehead atoms. The fraction of sp³-hybridized carbons (Fsp3) is 0.600. The summed E-state index contributed by atoms with van der Waals surface area (Å²) in [5, 5.41) is 7.65. The minimum atomic E-state index is 0. The van der Waals surface area contributed by atoms with Crippen LogP contribution >= 0.6 is 24.0 Å². The lowest BCUT2D eigenvalue weighted by Gasteiger charge is -2.36. The normalized spacial score (nSPS) is 18.4. The highest BCUT2D eigenvalue weighted by Gasteiger charge is 2.21. The molecule has 2 fully saturated rings. The van der Waals surface area contributed by atoms with Gasteiger partial charge in [0, 0.05) is 65.0 Å². The molecule has 0 atom stereocenters. The summed E-state index contributed by atoms with van der Waals surface area (Å²) in [4.78, 5) is 11.9. The number of benzene rings is 1. The van der Waals surface area contributed by atoms with Gasteiger partial charge in [0.15, 0.2) is 5.96 Å². The number of hydrogen-bond acceptors (Lipinski definition) is 5. The van der Waals surface area contributed by atoms with Gasteiger partial charge in [-0.15, -0.1) is 24.0 Å². The van der Waals surface area contributed by atoms with Crippen LogP contribution in [0.25, 0.3) is 0 Å². The minimum absolute atomic E-state index is 0. The van der Waals surface area contributed by atoms with E-state index in [0.29, 0.717) is 0 Å². The molecule has 2 aliphatic rings. The zero-order valence-corrected chi connectivity index (χ0v) is 22.4. The molecule has 1 aliphatic carbocycles. The number of piperazine rings is 1. The monoisotopic (exact) mass is 566 g/mol. The summed E-state index contributed by atoms with van der Waals surface area (Å²) in [5.41, 5.74) is 3.78. The van der Waals surface area contributed by atoms with E-state index in [1.165, 1.54) is 43.2 Å². The van der Waals surface area contributed by atoms with E-state index in [4.69, 9.17) is 4.52 Å². The van der Waals surface area contributed by atoms with E-state index in [-0.39, 0.29) is 24.0 Å².